The molecular formula is C21H25FN2O3. The van der Waals surface area contributed by atoms with E-state index >= 15 is 0 Å². The Hall–Kier alpha value is -2.73. The molecule has 2 rings (SSSR count). The van der Waals surface area contributed by atoms with E-state index < -0.39 is 6.04 Å². The second-order valence-corrected chi connectivity index (χ2v) is 6.26. The van der Waals surface area contributed by atoms with E-state index in [-0.39, 0.29) is 24.2 Å². The van der Waals surface area contributed by atoms with E-state index in [1.807, 2.05) is 30.3 Å². The van der Waals surface area contributed by atoms with Crippen molar-refractivity contribution in [2.24, 2.45) is 0 Å². The number of hydrogen-bond donors (Lipinski definition) is 1. The summed E-state index contributed by atoms with van der Waals surface area (Å²) in [6, 6.07) is 14.8. The van der Waals surface area contributed by atoms with Crippen LogP contribution in [0.3, 0.4) is 0 Å². The van der Waals surface area contributed by atoms with Gasteiger partial charge in [-0.1, -0.05) is 42.5 Å². The normalized spacial score (nSPS) is 11.7. The van der Waals surface area contributed by atoms with Gasteiger partial charge in [0.25, 0.3) is 0 Å². The van der Waals surface area contributed by atoms with Crippen LogP contribution in [0.1, 0.15) is 18.1 Å². The molecule has 0 saturated heterocycles. The first-order chi connectivity index (χ1) is 13.0. The second kappa shape index (κ2) is 10.4. The molecule has 144 valence electrons. The maximum absolute atomic E-state index is 13.2. The summed E-state index contributed by atoms with van der Waals surface area (Å²) in [5.41, 5.74) is 1.71. The largest absolute Gasteiger partial charge is 0.383 e. The number of methoxy groups -OCH3 is 1. The minimum Gasteiger partial charge on any atom is -0.383 e. The van der Waals surface area contributed by atoms with Crippen molar-refractivity contribution in [3.63, 3.8) is 0 Å². The smallest absolute Gasteiger partial charge is 0.243 e. The average Bonchev–Trinajstić information content (AvgIpc) is 2.66. The van der Waals surface area contributed by atoms with Crippen molar-refractivity contribution >= 4 is 11.8 Å². The number of rotatable bonds is 9. The summed E-state index contributed by atoms with van der Waals surface area (Å²) in [6.07, 6.45) is 0.389. The number of nitrogens with zero attached hydrogens (tertiary/aromatic N) is 1. The summed E-state index contributed by atoms with van der Waals surface area (Å²) in [7, 11) is 1.56. The van der Waals surface area contributed by atoms with E-state index in [9.17, 15) is 14.0 Å². The summed E-state index contributed by atoms with van der Waals surface area (Å²) in [6.45, 7) is 2.42. The fourth-order valence-electron chi connectivity index (χ4n) is 2.80. The van der Waals surface area contributed by atoms with Gasteiger partial charge in [-0.05, 0) is 23.3 Å². The van der Waals surface area contributed by atoms with Gasteiger partial charge in [0.05, 0.1) is 6.61 Å². The molecular weight excluding hydrogens is 347 g/mol. The molecule has 2 amide bonds. The van der Waals surface area contributed by atoms with Crippen LogP contribution in [0.25, 0.3) is 0 Å². The van der Waals surface area contributed by atoms with Gasteiger partial charge in [0.2, 0.25) is 11.8 Å². The lowest BCUT2D eigenvalue weighted by atomic mass is 10.0. The zero-order valence-corrected chi connectivity index (χ0v) is 15.7. The van der Waals surface area contributed by atoms with Gasteiger partial charge in [0.1, 0.15) is 11.9 Å². The van der Waals surface area contributed by atoms with Crippen molar-refractivity contribution in [2.75, 3.05) is 20.3 Å². The fraction of sp³-hybridized carbons (Fsp3) is 0.333. The maximum atomic E-state index is 13.2. The molecule has 2 aromatic rings. The van der Waals surface area contributed by atoms with Gasteiger partial charge in [0.15, 0.2) is 0 Å². The molecule has 1 N–H and O–H groups in total. The molecule has 0 aliphatic heterocycles. The molecule has 27 heavy (non-hydrogen) atoms. The molecule has 2 aromatic carbocycles. The Morgan fingerprint density at radius 3 is 2.33 bits per heavy atom. The lowest BCUT2D eigenvalue weighted by Crippen LogP contribution is -2.50. The summed E-state index contributed by atoms with van der Waals surface area (Å²) in [5, 5.41) is 2.82. The van der Waals surface area contributed by atoms with E-state index in [2.05, 4.69) is 5.32 Å². The predicted molar refractivity (Wildman–Crippen MR) is 101 cm³/mol. The lowest BCUT2D eigenvalue weighted by Gasteiger charge is -2.30. The molecule has 5 nitrogen and oxygen atoms in total. The van der Waals surface area contributed by atoms with Crippen LogP contribution >= 0.6 is 0 Å². The van der Waals surface area contributed by atoms with Crippen molar-refractivity contribution in [1.82, 2.24) is 10.2 Å². The van der Waals surface area contributed by atoms with Crippen molar-refractivity contribution in [2.45, 2.75) is 25.9 Å². The Balaban J connectivity index is 2.23. The van der Waals surface area contributed by atoms with Crippen LogP contribution in [-0.4, -0.2) is 43.0 Å². The summed E-state index contributed by atoms with van der Waals surface area (Å²) < 4.78 is 18.1. The Labute approximate surface area is 159 Å². The van der Waals surface area contributed by atoms with E-state index in [4.69, 9.17) is 4.74 Å². The minimum absolute atomic E-state index is 0.220. The molecule has 0 radical (unpaired) electrons. The van der Waals surface area contributed by atoms with Crippen LogP contribution in [0, 0.1) is 5.82 Å². The number of amides is 2. The monoisotopic (exact) mass is 372 g/mol. The Kier molecular flexibility index (Phi) is 7.95. The van der Waals surface area contributed by atoms with Crippen LogP contribution in [-0.2, 0) is 27.3 Å². The number of carbonyl (C=O) groups excluding carboxylic acids is 2. The van der Waals surface area contributed by atoms with Crippen LogP contribution in [0.5, 0.6) is 0 Å². The highest BCUT2D eigenvalue weighted by Gasteiger charge is 2.28. The quantitative estimate of drug-likeness (QED) is 0.688. The molecule has 6 heteroatoms. The molecule has 0 heterocycles. The third-order valence-corrected chi connectivity index (χ3v) is 4.23. The van der Waals surface area contributed by atoms with Gasteiger partial charge < -0.3 is 15.0 Å². The SMILES string of the molecule is COCCNC(=O)[C@H](Cc1ccccc1)N(Cc1ccc(F)cc1)C(C)=O. The lowest BCUT2D eigenvalue weighted by molar-refractivity contribution is -0.139. The molecule has 0 bridgehead atoms. The Morgan fingerprint density at radius 2 is 1.74 bits per heavy atom. The van der Waals surface area contributed by atoms with Crippen molar-refractivity contribution in [3.05, 3.63) is 71.5 Å². The Bertz CT molecular complexity index is 735. The van der Waals surface area contributed by atoms with Gasteiger partial charge in [-0.25, -0.2) is 4.39 Å². The van der Waals surface area contributed by atoms with Crippen LogP contribution in [0.2, 0.25) is 0 Å². The fourth-order valence-corrected chi connectivity index (χ4v) is 2.80. The molecule has 0 saturated carbocycles. The van der Waals surface area contributed by atoms with Crippen LogP contribution in [0.4, 0.5) is 4.39 Å². The first-order valence-electron chi connectivity index (χ1n) is 8.83. The number of benzene rings is 2. The Morgan fingerprint density at radius 1 is 1.07 bits per heavy atom. The molecule has 0 aliphatic rings. The molecule has 0 spiro atoms. The number of ether oxygens (including phenoxy) is 1. The predicted octanol–water partition coefficient (Wildman–Crippen LogP) is 2.55. The van der Waals surface area contributed by atoms with Gasteiger partial charge in [0, 0.05) is 33.5 Å². The first-order valence-corrected chi connectivity index (χ1v) is 8.83. The van der Waals surface area contributed by atoms with Gasteiger partial charge in [-0.3, -0.25) is 9.59 Å². The molecule has 0 unspecified atom stereocenters. The molecule has 0 aromatic heterocycles. The van der Waals surface area contributed by atoms with E-state index in [0.717, 1.165) is 11.1 Å². The molecule has 1 atom stereocenters. The maximum Gasteiger partial charge on any atom is 0.243 e. The highest BCUT2D eigenvalue weighted by Crippen LogP contribution is 2.15. The number of carbonyl (C=O) groups is 2. The minimum atomic E-state index is -0.674. The first kappa shape index (κ1) is 20.6. The number of halogens is 1. The van der Waals surface area contributed by atoms with Crippen molar-refractivity contribution in [1.29, 1.82) is 0 Å². The van der Waals surface area contributed by atoms with E-state index in [0.29, 0.717) is 19.6 Å². The number of hydrogen-bond acceptors (Lipinski definition) is 3. The van der Waals surface area contributed by atoms with Gasteiger partial charge in [-0.2, -0.15) is 0 Å². The van der Waals surface area contributed by atoms with Crippen LogP contribution in [0.15, 0.2) is 54.6 Å². The topological polar surface area (TPSA) is 58.6 Å². The standard InChI is InChI=1S/C21H25FN2O3/c1-16(25)24(15-18-8-10-19(22)11-9-18)20(21(26)23-12-13-27-2)14-17-6-4-3-5-7-17/h3-11,20H,12-15H2,1-2H3,(H,23,26)/t20-/m0/s1. The zero-order valence-electron chi connectivity index (χ0n) is 15.7. The summed E-state index contributed by atoms with van der Waals surface area (Å²) in [5.74, 6) is -0.804. The third kappa shape index (κ3) is 6.49. The highest BCUT2D eigenvalue weighted by molar-refractivity contribution is 5.87. The third-order valence-electron chi connectivity index (χ3n) is 4.23. The summed E-state index contributed by atoms with van der Waals surface area (Å²) >= 11 is 0. The van der Waals surface area contributed by atoms with Crippen molar-refractivity contribution < 1.29 is 18.7 Å². The van der Waals surface area contributed by atoms with Crippen molar-refractivity contribution in [3.8, 4) is 0 Å². The van der Waals surface area contributed by atoms with E-state index in [1.54, 1.807) is 19.2 Å². The number of nitrogens with one attached hydrogen (secondary N) is 1. The van der Waals surface area contributed by atoms with Gasteiger partial charge in [-0.15, -0.1) is 0 Å². The summed E-state index contributed by atoms with van der Waals surface area (Å²) in [4.78, 5) is 26.6. The molecule has 0 fully saturated rings. The van der Waals surface area contributed by atoms with Crippen LogP contribution < -0.4 is 5.32 Å². The molecule has 0 aliphatic carbocycles. The second-order valence-electron chi connectivity index (χ2n) is 6.26. The van der Waals surface area contributed by atoms with Gasteiger partial charge >= 0.3 is 0 Å². The highest BCUT2D eigenvalue weighted by atomic mass is 19.1. The zero-order chi connectivity index (χ0) is 19.6. The van der Waals surface area contributed by atoms with E-state index in [1.165, 1.54) is 24.0 Å². The average molecular weight is 372 g/mol.